The van der Waals surface area contributed by atoms with Crippen LogP contribution < -0.4 is 10.2 Å². The highest BCUT2D eigenvalue weighted by atomic mass is 32.2. The lowest BCUT2D eigenvalue weighted by atomic mass is 10.1. The molecule has 1 heterocycles. The maximum atomic E-state index is 13.3. The van der Waals surface area contributed by atoms with Crippen molar-refractivity contribution < 1.29 is 9.59 Å². The van der Waals surface area contributed by atoms with E-state index in [1.165, 1.54) is 23.1 Å². The molecule has 0 unspecified atom stereocenters. The quantitative estimate of drug-likeness (QED) is 0.349. The number of amides is 2. The summed E-state index contributed by atoms with van der Waals surface area (Å²) < 4.78 is 0.666. The third-order valence-corrected chi connectivity index (χ3v) is 7.39. The number of aromatic nitrogens is 2. The molecule has 2 amide bonds. The van der Waals surface area contributed by atoms with Gasteiger partial charge < -0.3 is 5.32 Å². The van der Waals surface area contributed by atoms with Crippen LogP contribution in [0.3, 0.4) is 0 Å². The van der Waals surface area contributed by atoms with E-state index in [2.05, 4.69) is 21.6 Å². The Kier molecular flexibility index (Phi) is 6.91. The third kappa shape index (κ3) is 5.37. The normalized spacial score (nSPS) is 14.1. The Hall–Kier alpha value is -2.71. The second-order valence-electron chi connectivity index (χ2n) is 7.97. The number of anilines is 2. The minimum atomic E-state index is -0.492. The summed E-state index contributed by atoms with van der Waals surface area (Å²) in [6.45, 7) is 5.88. The highest BCUT2D eigenvalue weighted by Gasteiger charge is 2.35. The Morgan fingerprint density at radius 3 is 2.44 bits per heavy atom. The zero-order chi connectivity index (χ0) is 22.7. The fraction of sp³-hybridized carbons (Fsp3) is 0.333. The number of carbonyl (C=O) groups is 2. The number of rotatable bonds is 8. The lowest BCUT2D eigenvalue weighted by Crippen LogP contribution is -2.32. The van der Waals surface area contributed by atoms with Gasteiger partial charge in [-0.05, 0) is 55.5 Å². The van der Waals surface area contributed by atoms with Crippen LogP contribution in [0.15, 0.2) is 52.9 Å². The van der Waals surface area contributed by atoms with Gasteiger partial charge in [0.05, 0.1) is 0 Å². The molecule has 1 aliphatic rings. The molecule has 0 saturated heterocycles. The number of nitrogens with zero attached hydrogens (tertiary/aromatic N) is 3. The maximum absolute atomic E-state index is 13.3. The molecule has 0 bridgehead atoms. The van der Waals surface area contributed by atoms with E-state index in [-0.39, 0.29) is 17.9 Å². The molecule has 8 heteroatoms. The first-order valence-electron chi connectivity index (χ1n) is 10.7. The number of aryl methyl sites for hydroxylation is 2. The van der Waals surface area contributed by atoms with Gasteiger partial charge in [-0.3, -0.25) is 14.5 Å². The van der Waals surface area contributed by atoms with Crippen LogP contribution in [0.2, 0.25) is 0 Å². The first-order chi connectivity index (χ1) is 15.4. The molecule has 2 aromatic carbocycles. The molecule has 1 atom stereocenters. The van der Waals surface area contributed by atoms with Crippen molar-refractivity contribution in [2.75, 3.05) is 10.2 Å². The van der Waals surface area contributed by atoms with Crippen molar-refractivity contribution in [2.45, 2.75) is 55.7 Å². The van der Waals surface area contributed by atoms with Gasteiger partial charge in [0.15, 0.2) is 4.34 Å². The molecule has 166 valence electrons. The van der Waals surface area contributed by atoms with Crippen LogP contribution in [0.4, 0.5) is 10.8 Å². The molecule has 3 aromatic rings. The standard InChI is InChI=1S/C24H26N4O2S2/c1-4-20(29)28(19-10-11-19)23-26-27-24(32-23)31-21(17-8-6-5-7-9-17)22(30)25-18-13-15(2)12-16(3)14-18/h5-9,12-14,19,21H,4,10-11H2,1-3H3,(H,25,30)/t21-/m1/s1. The van der Waals surface area contributed by atoms with E-state index in [1.807, 2.05) is 63.2 Å². The monoisotopic (exact) mass is 466 g/mol. The highest BCUT2D eigenvalue weighted by molar-refractivity contribution is 8.02. The molecule has 32 heavy (non-hydrogen) atoms. The van der Waals surface area contributed by atoms with Gasteiger partial charge in [-0.15, -0.1) is 10.2 Å². The van der Waals surface area contributed by atoms with Gasteiger partial charge >= 0.3 is 0 Å². The summed E-state index contributed by atoms with van der Waals surface area (Å²) in [6.07, 6.45) is 2.43. The molecule has 1 aliphatic carbocycles. The summed E-state index contributed by atoms with van der Waals surface area (Å²) >= 11 is 2.73. The average Bonchev–Trinajstić information content (AvgIpc) is 3.49. The van der Waals surface area contributed by atoms with E-state index in [0.717, 1.165) is 35.2 Å². The minimum absolute atomic E-state index is 0.0624. The molecular weight excluding hydrogens is 440 g/mol. The van der Waals surface area contributed by atoms with E-state index in [0.29, 0.717) is 15.9 Å². The second-order valence-corrected chi connectivity index (χ2v) is 10.3. The Morgan fingerprint density at radius 2 is 1.81 bits per heavy atom. The highest BCUT2D eigenvalue weighted by Crippen LogP contribution is 2.41. The molecule has 1 aromatic heterocycles. The zero-order valence-corrected chi connectivity index (χ0v) is 20.0. The summed E-state index contributed by atoms with van der Waals surface area (Å²) in [5, 5.41) is 11.8. The maximum Gasteiger partial charge on any atom is 0.242 e. The van der Waals surface area contributed by atoms with Gasteiger partial charge in [0.2, 0.25) is 16.9 Å². The Balaban J connectivity index is 1.57. The Morgan fingerprint density at radius 1 is 1.12 bits per heavy atom. The van der Waals surface area contributed by atoms with Crippen LogP contribution in [0.5, 0.6) is 0 Å². The van der Waals surface area contributed by atoms with Crippen molar-refractivity contribution in [3.8, 4) is 0 Å². The lowest BCUT2D eigenvalue weighted by Gasteiger charge is -2.17. The van der Waals surface area contributed by atoms with Crippen LogP contribution in [-0.4, -0.2) is 28.1 Å². The van der Waals surface area contributed by atoms with E-state index in [1.54, 1.807) is 4.90 Å². The van der Waals surface area contributed by atoms with Crippen molar-refractivity contribution in [3.05, 3.63) is 65.2 Å². The SMILES string of the molecule is CCC(=O)N(c1nnc(S[C@@H](C(=O)Nc2cc(C)cc(C)c2)c2ccccc2)s1)C1CC1. The molecule has 6 nitrogen and oxygen atoms in total. The second kappa shape index (κ2) is 9.83. The molecular formula is C24H26N4O2S2. The number of nitrogens with one attached hydrogen (secondary N) is 1. The van der Waals surface area contributed by atoms with Crippen molar-refractivity contribution in [1.82, 2.24) is 10.2 Å². The summed E-state index contributed by atoms with van der Waals surface area (Å²) in [5.74, 6) is -0.0565. The van der Waals surface area contributed by atoms with Crippen LogP contribution in [0.1, 0.15) is 48.1 Å². The fourth-order valence-electron chi connectivity index (χ4n) is 3.57. The van der Waals surface area contributed by atoms with Crippen LogP contribution >= 0.6 is 23.1 Å². The van der Waals surface area contributed by atoms with Crippen molar-refractivity contribution in [2.24, 2.45) is 0 Å². The van der Waals surface area contributed by atoms with Crippen molar-refractivity contribution >= 4 is 45.7 Å². The van der Waals surface area contributed by atoms with Gasteiger partial charge in [0.1, 0.15) is 5.25 Å². The topological polar surface area (TPSA) is 75.2 Å². The van der Waals surface area contributed by atoms with Crippen molar-refractivity contribution in [1.29, 1.82) is 0 Å². The summed E-state index contributed by atoms with van der Waals surface area (Å²) in [7, 11) is 0. The van der Waals surface area contributed by atoms with E-state index >= 15 is 0 Å². The van der Waals surface area contributed by atoms with Crippen LogP contribution in [0, 0.1) is 13.8 Å². The number of hydrogen-bond acceptors (Lipinski definition) is 6. The lowest BCUT2D eigenvalue weighted by molar-refractivity contribution is -0.118. The zero-order valence-electron chi connectivity index (χ0n) is 18.4. The van der Waals surface area contributed by atoms with E-state index in [4.69, 9.17) is 0 Å². The fourth-order valence-corrected chi connectivity index (χ4v) is 5.70. The molecule has 0 radical (unpaired) electrons. The third-order valence-electron chi connectivity index (χ3n) is 5.13. The number of carbonyl (C=O) groups excluding carboxylic acids is 2. The van der Waals surface area contributed by atoms with Gasteiger partial charge in [0.25, 0.3) is 0 Å². The predicted molar refractivity (Wildman–Crippen MR) is 130 cm³/mol. The first kappa shape index (κ1) is 22.5. The largest absolute Gasteiger partial charge is 0.325 e. The summed E-state index contributed by atoms with van der Waals surface area (Å²) in [4.78, 5) is 27.5. The van der Waals surface area contributed by atoms with Gasteiger partial charge in [-0.1, -0.05) is 66.4 Å². The molecule has 1 saturated carbocycles. The molecule has 1 fully saturated rings. The Bertz CT molecular complexity index is 1090. The van der Waals surface area contributed by atoms with Crippen LogP contribution in [-0.2, 0) is 9.59 Å². The molecule has 0 aliphatic heterocycles. The first-order valence-corrected chi connectivity index (χ1v) is 12.4. The van der Waals surface area contributed by atoms with Gasteiger partial charge in [0, 0.05) is 18.2 Å². The summed E-state index contributed by atoms with van der Waals surface area (Å²) in [5.41, 5.74) is 3.86. The Labute approximate surface area is 196 Å². The molecule has 1 N–H and O–H groups in total. The van der Waals surface area contributed by atoms with Gasteiger partial charge in [-0.2, -0.15) is 0 Å². The van der Waals surface area contributed by atoms with Crippen molar-refractivity contribution in [3.63, 3.8) is 0 Å². The number of hydrogen-bond donors (Lipinski definition) is 1. The number of benzene rings is 2. The minimum Gasteiger partial charge on any atom is -0.325 e. The molecule has 0 spiro atoms. The van der Waals surface area contributed by atoms with Gasteiger partial charge in [-0.25, -0.2) is 0 Å². The smallest absolute Gasteiger partial charge is 0.242 e. The van der Waals surface area contributed by atoms with E-state index < -0.39 is 5.25 Å². The van der Waals surface area contributed by atoms with E-state index in [9.17, 15) is 9.59 Å². The average molecular weight is 467 g/mol. The summed E-state index contributed by atoms with van der Waals surface area (Å²) in [6, 6.07) is 15.9. The number of thioether (sulfide) groups is 1. The van der Waals surface area contributed by atoms with Crippen LogP contribution in [0.25, 0.3) is 0 Å². The predicted octanol–water partition coefficient (Wildman–Crippen LogP) is 5.53. The molecule has 4 rings (SSSR count).